The summed E-state index contributed by atoms with van der Waals surface area (Å²) in [4.78, 5) is 5.45. The van der Waals surface area contributed by atoms with E-state index in [1.165, 1.54) is 5.56 Å². The highest BCUT2D eigenvalue weighted by Gasteiger charge is 2.04. The third-order valence-electron chi connectivity index (χ3n) is 3.45. The van der Waals surface area contributed by atoms with Crippen LogP contribution in [-0.2, 0) is 11.4 Å². The van der Waals surface area contributed by atoms with Crippen molar-refractivity contribution >= 4 is 17.8 Å². The lowest BCUT2D eigenvalue weighted by Gasteiger charge is -2.08. The first-order valence-electron chi connectivity index (χ1n) is 7.37. The zero-order valence-electron chi connectivity index (χ0n) is 12.5. The summed E-state index contributed by atoms with van der Waals surface area (Å²) < 4.78 is 0. The fourth-order valence-electron chi connectivity index (χ4n) is 2.34. The van der Waals surface area contributed by atoms with Gasteiger partial charge in [0.1, 0.15) is 6.61 Å². The van der Waals surface area contributed by atoms with Gasteiger partial charge in [0.15, 0.2) is 0 Å². The molecule has 0 atom stereocenters. The van der Waals surface area contributed by atoms with Crippen LogP contribution in [0, 0.1) is 0 Å². The molecule has 0 aliphatic rings. The molecular weight excluding hydrogens is 306 g/mol. The Morgan fingerprint density at radius 1 is 0.870 bits per heavy atom. The standard InChI is InChI=1S/C20H16ClNO/c21-19-11-6-7-16(13-19)14-22-23-15-18-10-4-5-12-20(18)17-8-2-1-3-9-17/h1-14H,15H2. The van der Waals surface area contributed by atoms with Crippen molar-refractivity contribution in [3.05, 3.63) is 95.0 Å². The molecule has 2 nitrogen and oxygen atoms in total. The number of hydrogen-bond donors (Lipinski definition) is 0. The predicted molar refractivity (Wildman–Crippen MR) is 95.7 cm³/mol. The van der Waals surface area contributed by atoms with Crippen LogP contribution in [0.4, 0.5) is 0 Å². The van der Waals surface area contributed by atoms with Crippen LogP contribution in [0.25, 0.3) is 11.1 Å². The summed E-state index contributed by atoms with van der Waals surface area (Å²) in [7, 11) is 0. The molecule has 0 unspecified atom stereocenters. The molecule has 3 aromatic rings. The molecule has 0 N–H and O–H groups in total. The molecule has 0 fully saturated rings. The van der Waals surface area contributed by atoms with Crippen molar-refractivity contribution in [3.8, 4) is 11.1 Å². The monoisotopic (exact) mass is 321 g/mol. The Morgan fingerprint density at radius 2 is 1.65 bits per heavy atom. The van der Waals surface area contributed by atoms with E-state index in [0.717, 1.165) is 16.7 Å². The Morgan fingerprint density at radius 3 is 2.48 bits per heavy atom. The molecule has 0 amide bonds. The van der Waals surface area contributed by atoms with Gasteiger partial charge in [-0.25, -0.2) is 0 Å². The first-order valence-corrected chi connectivity index (χ1v) is 7.75. The van der Waals surface area contributed by atoms with Crippen LogP contribution in [-0.4, -0.2) is 6.21 Å². The third kappa shape index (κ3) is 4.21. The summed E-state index contributed by atoms with van der Waals surface area (Å²) in [6.45, 7) is 0.419. The summed E-state index contributed by atoms with van der Waals surface area (Å²) >= 11 is 5.94. The van der Waals surface area contributed by atoms with Gasteiger partial charge in [0, 0.05) is 5.02 Å². The highest BCUT2D eigenvalue weighted by Crippen LogP contribution is 2.23. The zero-order valence-corrected chi connectivity index (χ0v) is 13.3. The number of nitrogens with zero attached hydrogens (tertiary/aromatic N) is 1. The molecule has 114 valence electrons. The average Bonchev–Trinajstić information content (AvgIpc) is 2.60. The van der Waals surface area contributed by atoms with Crippen LogP contribution in [0.1, 0.15) is 11.1 Å². The van der Waals surface area contributed by atoms with Gasteiger partial charge in [-0.15, -0.1) is 0 Å². The Bertz CT molecular complexity index is 800. The molecule has 3 rings (SSSR count). The fraction of sp³-hybridized carbons (Fsp3) is 0.0500. The van der Waals surface area contributed by atoms with Gasteiger partial charge in [-0.1, -0.05) is 83.5 Å². The maximum absolute atomic E-state index is 5.94. The van der Waals surface area contributed by atoms with Crippen molar-refractivity contribution in [2.75, 3.05) is 0 Å². The largest absolute Gasteiger partial charge is 0.391 e. The molecular formula is C20H16ClNO. The van der Waals surface area contributed by atoms with Crippen LogP contribution < -0.4 is 0 Å². The average molecular weight is 322 g/mol. The van der Waals surface area contributed by atoms with Gasteiger partial charge in [-0.05, 0) is 34.4 Å². The van der Waals surface area contributed by atoms with Crippen LogP contribution in [0.15, 0.2) is 84.0 Å². The number of halogens is 1. The topological polar surface area (TPSA) is 21.6 Å². The summed E-state index contributed by atoms with van der Waals surface area (Å²) in [6.07, 6.45) is 1.66. The molecule has 0 saturated carbocycles. The van der Waals surface area contributed by atoms with Crippen LogP contribution in [0.5, 0.6) is 0 Å². The van der Waals surface area contributed by atoms with E-state index in [9.17, 15) is 0 Å². The van der Waals surface area contributed by atoms with Crippen molar-refractivity contribution in [2.24, 2.45) is 5.16 Å². The SMILES string of the molecule is Clc1cccc(C=NOCc2ccccc2-c2ccccc2)c1. The maximum Gasteiger partial charge on any atom is 0.142 e. The van der Waals surface area contributed by atoms with Crippen molar-refractivity contribution in [3.63, 3.8) is 0 Å². The van der Waals surface area contributed by atoms with Crippen molar-refractivity contribution < 1.29 is 4.84 Å². The van der Waals surface area contributed by atoms with Crippen molar-refractivity contribution in [1.82, 2.24) is 0 Å². The molecule has 0 saturated heterocycles. The molecule has 0 radical (unpaired) electrons. The summed E-state index contributed by atoms with van der Waals surface area (Å²) in [5.41, 5.74) is 4.34. The molecule has 0 heterocycles. The number of rotatable bonds is 5. The Hall–Kier alpha value is -2.58. The number of oxime groups is 1. The predicted octanol–water partition coefficient (Wildman–Crippen LogP) is 5.56. The van der Waals surface area contributed by atoms with E-state index in [0.29, 0.717) is 11.6 Å². The minimum atomic E-state index is 0.419. The maximum atomic E-state index is 5.94. The molecule has 23 heavy (non-hydrogen) atoms. The molecule has 0 spiro atoms. The summed E-state index contributed by atoms with van der Waals surface area (Å²) in [5, 5.41) is 4.71. The zero-order chi connectivity index (χ0) is 15.9. The van der Waals surface area contributed by atoms with Crippen molar-refractivity contribution in [2.45, 2.75) is 6.61 Å². The Balaban J connectivity index is 1.69. The lowest BCUT2D eigenvalue weighted by molar-refractivity contribution is 0.132. The van der Waals surface area contributed by atoms with Crippen LogP contribution >= 0.6 is 11.6 Å². The van der Waals surface area contributed by atoms with Gasteiger partial charge >= 0.3 is 0 Å². The number of hydrogen-bond acceptors (Lipinski definition) is 2. The van der Waals surface area contributed by atoms with Gasteiger partial charge in [-0.2, -0.15) is 0 Å². The highest BCUT2D eigenvalue weighted by molar-refractivity contribution is 6.30. The summed E-state index contributed by atoms with van der Waals surface area (Å²) in [6, 6.07) is 25.9. The fourth-order valence-corrected chi connectivity index (χ4v) is 2.54. The van der Waals surface area contributed by atoms with E-state index >= 15 is 0 Å². The lowest BCUT2D eigenvalue weighted by atomic mass is 10.0. The first kappa shape index (κ1) is 15.3. The minimum absolute atomic E-state index is 0.419. The number of benzene rings is 3. The summed E-state index contributed by atoms with van der Waals surface area (Å²) in [5.74, 6) is 0. The second kappa shape index (κ2) is 7.61. The molecule has 0 bridgehead atoms. The second-order valence-corrected chi connectivity index (χ2v) is 5.52. The Kier molecular flexibility index (Phi) is 5.07. The van der Waals surface area contributed by atoms with Crippen LogP contribution in [0.3, 0.4) is 0 Å². The third-order valence-corrected chi connectivity index (χ3v) is 3.68. The highest BCUT2D eigenvalue weighted by atomic mass is 35.5. The molecule has 0 aromatic heterocycles. The lowest BCUT2D eigenvalue weighted by Crippen LogP contribution is -1.92. The normalized spacial score (nSPS) is 10.8. The van der Waals surface area contributed by atoms with Gasteiger partial charge in [0.25, 0.3) is 0 Å². The van der Waals surface area contributed by atoms with E-state index in [4.69, 9.17) is 16.4 Å². The molecule has 0 aliphatic heterocycles. The van der Waals surface area contributed by atoms with Crippen molar-refractivity contribution in [1.29, 1.82) is 0 Å². The molecule has 3 heteroatoms. The Labute approximate surface area is 141 Å². The van der Waals surface area contributed by atoms with E-state index < -0.39 is 0 Å². The van der Waals surface area contributed by atoms with Crippen LogP contribution in [0.2, 0.25) is 5.02 Å². The molecule has 3 aromatic carbocycles. The van der Waals surface area contributed by atoms with Gasteiger partial charge in [0.05, 0.1) is 6.21 Å². The molecule has 0 aliphatic carbocycles. The smallest absolute Gasteiger partial charge is 0.142 e. The van der Waals surface area contributed by atoms with Gasteiger partial charge in [-0.3, -0.25) is 0 Å². The van der Waals surface area contributed by atoms with Gasteiger partial charge in [0.2, 0.25) is 0 Å². The van der Waals surface area contributed by atoms with E-state index in [-0.39, 0.29) is 0 Å². The van der Waals surface area contributed by atoms with E-state index in [1.807, 2.05) is 54.6 Å². The quantitative estimate of drug-likeness (QED) is 0.445. The van der Waals surface area contributed by atoms with Gasteiger partial charge < -0.3 is 4.84 Å². The second-order valence-electron chi connectivity index (χ2n) is 5.09. The van der Waals surface area contributed by atoms with E-state index in [2.05, 4.69) is 29.4 Å². The minimum Gasteiger partial charge on any atom is -0.391 e. The van der Waals surface area contributed by atoms with E-state index in [1.54, 1.807) is 6.21 Å². The first-order chi connectivity index (χ1) is 11.3.